The summed E-state index contributed by atoms with van der Waals surface area (Å²) in [6, 6.07) is 6.48. The molecule has 11 heteroatoms. The van der Waals surface area contributed by atoms with E-state index in [2.05, 4.69) is 10.6 Å². The predicted molar refractivity (Wildman–Crippen MR) is 140 cm³/mol. The zero-order chi connectivity index (χ0) is 27.0. The van der Waals surface area contributed by atoms with Gasteiger partial charge in [0.05, 0.1) is 15.6 Å². The molecule has 0 aliphatic heterocycles. The zero-order valence-corrected chi connectivity index (χ0v) is 21.7. The lowest BCUT2D eigenvalue weighted by atomic mass is 9.85. The fourth-order valence-corrected chi connectivity index (χ4v) is 5.10. The number of halogens is 4. The van der Waals surface area contributed by atoms with E-state index in [1.807, 2.05) is 4.57 Å². The van der Waals surface area contributed by atoms with Gasteiger partial charge in [0.1, 0.15) is 22.9 Å². The molecule has 38 heavy (non-hydrogen) atoms. The molecule has 5 rings (SSSR count). The Labute approximate surface area is 227 Å². The Morgan fingerprint density at radius 2 is 1.68 bits per heavy atom. The van der Waals surface area contributed by atoms with Gasteiger partial charge in [-0.15, -0.1) is 0 Å². The van der Waals surface area contributed by atoms with E-state index in [-0.39, 0.29) is 57.4 Å². The van der Waals surface area contributed by atoms with Crippen LogP contribution < -0.4 is 20.8 Å². The molecule has 200 valence electrons. The minimum Gasteiger partial charge on any atom is -0.473 e. The summed E-state index contributed by atoms with van der Waals surface area (Å²) < 4.78 is 34.8. The first-order valence-electron chi connectivity index (χ1n) is 12.4. The number of aromatic nitrogens is 1. The Hall–Kier alpha value is -3.17. The van der Waals surface area contributed by atoms with Crippen molar-refractivity contribution in [1.82, 2.24) is 15.2 Å². The standard InChI is InChI=1S/C27H25Cl2F2N3O4/c28-20-8-7-17(9-22(20)30)38-13-32-26(36)14-1-3-15(4-2-14)33-27(37)19-12-34(16-5-6-16)24-11-21(29)23(31)10-18(24)25(19)35/h7-12,14-16H,1-6,13H2,(H,32,36)(H,33,37). The van der Waals surface area contributed by atoms with Crippen LogP contribution in [0.15, 0.2) is 41.3 Å². The van der Waals surface area contributed by atoms with E-state index < -0.39 is 23.0 Å². The largest absolute Gasteiger partial charge is 0.473 e. The van der Waals surface area contributed by atoms with Gasteiger partial charge in [0, 0.05) is 35.7 Å². The molecular formula is C27H25Cl2F2N3O4. The highest BCUT2D eigenvalue weighted by molar-refractivity contribution is 6.31. The van der Waals surface area contributed by atoms with Crippen LogP contribution in [0.2, 0.25) is 10.0 Å². The third kappa shape index (κ3) is 5.63. The maximum absolute atomic E-state index is 14.1. The van der Waals surface area contributed by atoms with Crippen LogP contribution in [0.25, 0.3) is 10.9 Å². The van der Waals surface area contributed by atoms with Crippen LogP contribution in [0.4, 0.5) is 8.78 Å². The van der Waals surface area contributed by atoms with E-state index in [1.165, 1.54) is 24.4 Å². The number of pyridine rings is 1. The molecule has 2 saturated carbocycles. The van der Waals surface area contributed by atoms with Gasteiger partial charge in [-0.3, -0.25) is 14.4 Å². The quantitative estimate of drug-likeness (QED) is 0.378. The molecule has 1 aromatic heterocycles. The van der Waals surface area contributed by atoms with Crippen LogP contribution in [0, 0.1) is 17.6 Å². The van der Waals surface area contributed by atoms with Crippen molar-refractivity contribution in [2.45, 2.75) is 50.6 Å². The number of nitrogens with zero attached hydrogens (tertiary/aromatic N) is 1. The maximum Gasteiger partial charge on any atom is 0.256 e. The number of carbonyl (C=O) groups is 2. The molecule has 3 aromatic rings. The molecule has 2 aliphatic rings. The highest BCUT2D eigenvalue weighted by atomic mass is 35.5. The lowest BCUT2D eigenvalue weighted by molar-refractivity contribution is -0.126. The molecule has 0 saturated heterocycles. The second kappa shape index (κ2) is 10.9. The molecule has 2 fully saturated rings. The van der Waals surface area contributed by atoms with E-state index >= 15 is 0 Å². The van der Waals surface area contributed by atoms with Gasteiger partial charge < -0.3 is 19.9 Å². The summed E-state index contributed by atoms with van der Waals surface area (Å²) in [5, 5.41) is 5.63. The fourth-order valence-electron chi connectivity index (χ4n) is 4.83. The van der Waals surface area contributed by atoms with Gasteiger partial charge in [-0.2, -0.15) is 0 Å². The number of benzene rings is 2. The summed E-state index contributed by atoms with van der Waals surface area (Å²) in [4.78, 5) is 38.7. The van der Waals surface area contributed by atoms with Gasteiger partial charge in [0.2, 0.25) is 11.3 Å². The number of ether oxygens (including phenoxy) is 1. The highest BCUT2D eigenvalue weighted by Crippen LogP contribution is 2.37. The van der Waals surface area contributed by atoms with Gasteiger partial charge >= 0.3 is 0 Å². The number of fused-ring (bicyclic) bond motifs is 1. The lowest BCUT2D eigenvalue weighted by Crippen LogP contribution is -2.42. The monoisotopic (exact) mass is 563 g/mol. The molecule has 0 radical (unpaired) electrons. The minimum atomic E-state index is -0.710. The average Bonchev–Trinajstić information content (AvgIpc) is 3.73. The number of rotatable bonds is 7. The predicted octanol–water partition coefficient (Wildman–Crippen LogP) is 5.36. The Kier molecular flexibility index (Phi) is 7.59. The van der Waals surface area contributed by atoms with Crippen molar-refractivity contribution in [3.8, 4) is 5.75 Å². The van der Waals surface area contributed by atoms with Crippen molar-refractivity contribution in [3.05, 3.63) is 74.0 Å². The highest BCUT2D eigenvalue weighted by Gasteiger charge is 2.30. The summed E-state index contributed by atoms with van der Waals surface area (Å²) in [7, 11) is 0. The van der Waals surface area contributed by atoms with E-state index in [9.17, 15) is 23.2 Å². The molecule has 0 bridgehead atoms. The Bertz CT molecular complexity index is 1470. The first-order valence-corrected chi connectivity index (χ1v) is 13.2. The van der Waals surface area contributed by atoms with Crippen LogP contribution in [-0.4, -0.2) is 29.2 Å². The second-order valence-electron chi connectivity index (χ2n) is 9.72. The molecule has 2 amide bonds. The van der Waals surface area contributed by atoms with Crippen LogP contribution >= 0.6 is 23.2 Å². The van der Waals surface area contributed by atoms with E-state index in [1.54, 1.807) is 0 Å². The summed E-state index contributed by atoms with van der Waals surface area (Å²) in [5.41, 5.74) is -0.0717. The van der Waals surface area contributed by atoms with E-state index in [4.69, 9.17) is 27.9 Å². The third-order valence-electron chi connectivity index (χ3n) is 7.07. The Morgan fingerprint density at radius 3 is 2.37 bits per heavy atom. The van der Waals surface area contributed by atoms with Crippen molar-refractivity contribution in [1.29, 1.82) is 0 Å². The zero-order valence-electron chi connectivity index (χ0n) is 20.2. The van der Waals surface area contributed by atoms with Crippen LogP contribution in [0.1, 0.15) is 54.9 Å². The van der Waals surface area contributed by atoms with E-state index in [0.717, 1.165) is 25.0 Å². The van der Waals surface area contributed by atoms with Crippen LogP contribution in [0.3, 0.4) is 0 Å². The lowest BCUT2D eigenvalue weighted by Gasteiger charge is -2.28. The first kappa shape index (κ1) is 26.4. The average molecular weight is 564 g/mol. The van der Waals surface area contributed by atoms with Crippen molar-refractivity contribution >= 4 is 45.9 Å². The molecule has 0 spiro atoms. The molecule has 2 aliphatic carbocycles. The molecule has 0 unspecified atom stereocenters. The van der Waals surface area contributed by atoms with Gasteiger partial charge in [-0.1, -0.05) is 23.2 Å². The molecule has 1 heterocycles. The summed E-state index contributed by atoms with van der Waals surface area (Å²) >= 11 is 11.6. The summed E-state index contributed by atoms with van der Waals surface area (Å²) in [5.74, 6) is -2.03. The topological polar surface area (TPSA) is 89.4 Å². The summed E-state index contributed by atoms with van der Waals surface area (Å²) in [6.07, 6.45) is 5.55. The van der Waals surface area contributed by atoms with Gasteiger partial charge in [0.25, 0.3) is 5.91 Å². The SMILES string of the molecule is O=C(NC1CCC(C(=O)NCOc2ccc(Cl)c(F)c2)CC1)c1cn(C2CC2)c2cc(Cl)c(F)cc2c1=O. The normalized spacial score (nSPS) is 19.3. The third-order valence-corrected chi connectivity index (χ3v) is 7.66. The van der Waals surface area contributed by atoms with E-state index in [0.29, 0.717) is 31.2 Å². The number of carbonyl (C=O) groups excluding carboxylic acids is 2. The van der Waals surface area contributed by atoms with Crippen LogP contribution in [0.5, 0.6) is 5.75 Å². The summed E-state index contributed by atoms with van der Waals surface area (Å²) in [6.45, 7) is -0.113. The maximum atomic E-state index is 14.1. The first-order chi connectivity index (χ1) is 18.2. The van der Waals surface area contributed by atoms with Crippen molar-refractivity contribution in [2.75, 3.05) is 6.73 Å². The number of hydrogen-bond donors (Lipinski definition) is 2. The Balaban J connectivity index is 1.18. The van der Waals surface area contributed by atoms with Crippen molar-refractivity contribution in [3.63, 3.8) is 0 Å². The molecule has 2 aromatic carbocycles. The number of amides is 2. The molecule has 7 nitrogen and oxygen atoms in total. The molecule has 2 N–H and O–H groups in total. The van der Waals surface area contributed by atoms with Crippen LogP contribution in [-0.2, 0) is 4.79 Å². The number of nitrogens with one attached hydrogen (secondary N) is 2. The Morgan fingerprint density at radius 1 is 0.974 bits per heavy atom. The van der Waals surface area contributed by atoms with Gasteiger partial charge in [0.15, 0.2) is 6.73 Å². The minimum absolute atomic E-state index is 0.0155. The molecular weight excluding hydrogens is 539 g/mol. The van der Waals surface area contributed by atoms with Gasteiger partial charge in [-0.05, 0) is 62.8 Å². The molecule has 0 atom stereocenters. The van der Waals surface area contributed by atoms with Gasteiger partial charge in [-0.25, -0.2) is 8.78 Å². The smallest absolute Gasteiger partial charge is 0.256 e. The van der Waals surface area contributed by atoms with Crippen molar-refractivity contribution < 1.29 is 23.1 Å². The number of hydrogen-bond acceptors (Lipinski definition) is 4. The second-order valence-corrected chi connectivity index (χ2v) is 10.5. The van der Waals surface area contributed by atoms with Crippen molar-refractivity contribution in [2.24, 2.45) is 5.92 Å². The fraction of sp³-hybridized carbons (Fsp3) is 0.370.